The van der Waals surface area contributed by atoms with E-state index in [0.717, 1.165) is 0 Å². The number of aromatic nitrogens is 2. The van der Waals surface area contributed by atoms with Crippen LogP contribution < -0.4 is 5.69 Å². The van der Waals surface area contributed by atoms with Gasteiger partial charge < -0.3 is 10.1 Å². The SMILES string of the molecule is Cn1c(=O)[nH]c2ccc(C(=O)O)cc21. The van der Waals surface area contributed by atoms with Gasteiger partial charge in [-0.1, -0.05) is 0 Å². The van der Waals surface area contributed by atoms with Crippen molar-refractivity contribution in [3.63, 3.8) is 0 Å². The lowest BCUT2D eigenvalue weighted by Gasteiger charge is -1.95. The van der Waals surface area contributed by atoms with E-state index in [-0.39, 0.29) is 11.3 Å². The summed E-state index contributed by atoms with van der Waals surface area (Å²) in [5, 5.41) is 8.74. The average molecular weight is 192 g/mol. The fraction of sp³-hybridized carbons (Fsp3) is 0.111. The minimum absolute atomic E-state index is 0.173. The number of nitrogens with one attached hydrogen (secondary N) is 1. The number of fused-ring (bicyclic) bond motifs is 1. The molecule has 5 nitrogen and oxygen atoms in total. The highest BCUT2D eigenvalue weighted by Crippen LogP contribution is 2.11. The van der Waals surface area contributed by atoms with E-state index in [1.165, 1.54) is 16.7 Å². The van der Waals surface area contributed by atoms with Gasteiger partial charge in [0.1, 0.15) is 0 Å². The zero-order valence-electron chi connectivity index (χ0n) is 7.44. The quantitative estimate of drug-likeness (QED) is 0.693. The van der Waals surface area contributed by atoms with Gasteiger partial charge in [0, 0.05) is 7.05 Å². The third-order valence-electron chi connectivity index (χ3n) is 2.15. The molecule has 0 aliphatic rings. The fourth-order valence-electron chi connectivity index (χ4n) is 1.36. The van der Waals surface area contributed by atoms with Crippen LogP contribution >= 0.6 is 0 Å². The van der Waals surface area contributed by atoms with Crippen LogP contribution in [0.1, 0.15) is 10.4 Å². The van der Waals surface area contributed by atoms with Gasteiger partial charge in [0.25, 0.3) is 0 Å². The third kappa shape index (κ3) is 1.10. The van der Waals surface area contributed by atoms with Crippen molar-refractivity contribution in [1.82, 2.24) is 9.55 Å². The van der Waals surface area contributed by atoms with Crippen LogP contribution in [-0.4, -0.2) is 20.6 Å². The normalized spacial score (nSPS) is 10.6. The molecule has 2 aromatic rings. The summed E-state index contributed by atoms with van der Waals surface area (Å²) in [5.41, 5.74) is 1.16. The lowest BCUT2D eigenvalue weighted by molar-refractivity contribution is 0.0697. The number of carboxylic acid groups (broad SMARTS) is 1. The number of imidazole rings is 1. The Balaban J connectivity index is 2.82. The summed E-state index contributed by atoms with van der Waals surface area (Å²) in [7, 11) is 1.59. The number of aryl methyl sites for hydroxylation is 1. The van der Waals surface area contributed by atoms with Crippen molar-refractivity contribution in [3.8, 4) is 0 Å². The van der Waals surface area contributed by atoms with E-state index >= 15 is 0 Å². The van der Waals surface area contributed by atoms with Crippen molar-refractivity contribution >= 4 is 17.0 Å². The second-order valence-corrected chi connectivity index (χ2v) is 3.03. The Morgan fingerprint density at radius 1 is 1.50 bits per heavy atom. The van der Waals surface area contributed by atoms with Crippen LogP contribution in [0.2, 0.25) is 0 Å². The molecular formula is C9H8N2O3. The van der Waals surface area contributed by atoms with E-state index in [2.05, 4.69) is 4.98 Å². The molecule has 2 rings (SSSR count). The summed E-state index contributed by atoms with van der Waals surface area (Å²) in [6, 6.07) is 4.51. The van der Waals surface area contributed by atoms with E-state index in [4.69, 9.17) is 5.11 Å². The summed E-state index contributed by atoms with van der Waals surface area (Å²) in [5.74, 6) is -0.999. The number of carboxylic acids is 1. The van der Waals surface area contributed by atoms with Crippen molar-refractivity contribution < 1.29 is 9.90 Å². The smallest absolute Gasteiger partial charge is 0.335 e. The highest BCUT2D eigenvalue weighted by molar-refractivity contribution is 5.92. The topological polar surface area (TPSA) is 75.1 Å². The molecule has 0 aliphatic carbocycles. The second-order valence-electron chi connectivity index (χ2n) is 3.03. The average Bonchev–Trinajstić information content (AvgIpc) is 2.43. The molecule has 0 bridgehead atoms. The van der Waals surface area contributed by atoms with E-state index in [0.29, 0.717) is 11.0 Å². The third-order valence-corrected chi connectivity index (χ3v) is 2.15. The van der Waals surface area contributed by atoms with Crippen LogP contribution in [0.4, 0.5) is 0 Å². The van der Waals surface area contributed by atoms with Gasteiger partial charge in [-0.3, -0.25) is 4.57 Å². The van der Waals surface area contributed by atoms with Crippen molar-refractivity contribution in [2.45, 2.75) is 0 Å². The number of rotatable bonds is 1. The van der Waals surface area contributed by atoms with Gasteiger partial charge in [0.2, 0.25) is 0 Å². The number of nitrogens with zero attached hydrogens (tertiary/aromatic N) is 1. The summed E-state index contributed by atoms with van der Waals surface area (Å²) in [6.45, 7) is 0. The van der Waals surface area contributed by atoms with E-state index < -0.39 is 5.97 Å². The molecule has 0 amide bonds. The second kappa shape index (κ2) is 2.73. The van der Waals surface area contributed by atoms with Crippen molar-refractivity contribution in [2.75, 3.05) is 0 Å². The minimum atomic E-state index is -0.999. The Morgan fingerprint density at radius 3 is 2.86 bits per heavy atom. The van der Waals surface area contributed by atoms with Gasteiger partial charge in [0.05, 0.1) is 16.6 Å². The Morgan fingerprint density at radius 2 is 2.21 bits per heavy atom. The summed E-state index contributed by atoms with van der Waals surface area (Å²) >= 11 is 0. The van der Waals surface area contributed by atoms with Crippen molar-refractivity contribution in [2.24, 2.45) is 7.05 Å². The molecule has 0 radical (unpaired) electrons. The molecule has 1 aromatic carbocycles. The number of hydrogen-bond acceptors (Lipinski definition) is 2. The zero-order chi connectivity index (χ0) is 10.3. The minimum Gasteiger partial charge on any atom is -0.478 e. The summed E-state index contributed by atoms with van der Waals surface area (Å²) in [6.07, 6.45) is 0. The largest absolute Gasteiger partial charge is 0.478 e. The van der Waals surface area contributed by atoms with Crippen LogP contribution in [0.5, 0.6) is 0 Å². The Bertz CT molecular complexity index is 565. The molecule has 14 heavy (non-hydrogen) atoms. The lowest BCUT2D eigenvalue weighted by Crippen LogP contribution is -2.11. The van der Waals surface area contributed by atoms with Gasteiger partial charge in [0.15, 0.2) is 0 Å². The number of carbonyl (C=O) groups is 1. The van der Waals surface area contributed by atoms with E-state index in [1.807, 2.05) is 0 Å². The van der Waals surface area contributed by atoms with Gasteiger partial charge >= 0.3 is 11.7 Å². The molecule has 2 N–H and O–H groups in total. The van der Waals surface area contributed by atoms with E-state index in [1.54, 1.807) is 13.1 Å². The molecule has 0 saturated carbocycles. The molecule has 0 spiro atoms. The van der Waals surface area contributed by atoms with Crippen LogP contribution in [0.15, 0.2) is 23.0 Å². The van der Waals surface area contributed by atoms with Crippen LogP contribution in [-0.2, 0) is 7.05 Å². The maximum absolute atomic E-state index is 11.2. The molecule has 0 atom stereocenters. The number of hydrogen-bond donors (Lipinski definition) is 2. The van der Waals surface area contributed by atoms with Crippen LogP contribution in [0, 0.1) is 0 Å². The maximum Gasteiger partial charge on any atom is 0.335 e. The Hall–Kier alpha value is -2.04. The molecule has 5 heteroatoms. The van der Waals surface area contributed by atoms with Gasteiger partial charge in [-0.15, -0.1) is 0 Å². The fourth-order valence-corrected chi connectivity index (χ4v) is 1.36. The number of aromatic amines is 1. The Kier molecular flexibility index (Phi) is 1.67. The Labute approximate surface area is 78.6 Å². The number of H-pyrrole nitrogens is 1. The predicted molar refractivity (Wildman–Crippen MR) is 50.5 cm³/mol. The summed E-state index contributed by atoms with van der Waals surface area (Å²) < 4.78 is 1.38. The first-order valence-corrected chi connectivity index (χ1v) is 4.01. The molecular weight excluding hydrogens is 184 g/mol. The lowest BCUT2D eigenvalue weighted by atomic mass is 10.2. The van der Waals surface area contributed by atoms with Crippen LogP contribution in [0.3, 0.4) is 0 Å². The molecule has 0 unspecified atom stereocenters. The molecule has 1 aromatic heterocycles. The molecule has 0 fully saturated rings. The number of benzene rings is 1. The first-order chi connectivity index (χ1) is 6.59. The predicted octanol–water partition coefficient (Wildman–Crippen LogP) is 0.565. The zero-order valence-corrected chi connectivity index (χ0v) is 7.44. The van der Waals surface area contributed by atoms with E-state index in [9.17, 15) is 9.59 Å². The first kappa shape index (κ1) is 8.55. The maximum atomic E-state index is 11.2. The first-order valence-electron chi connectivity index (χ1n) is 4.01. The standard InChI is InChI=1S/C9H8N2O3/c1-11-7-4-5(8(12)13)2-3-6(7)10-9(11)14/h2-4H,1H3,(H,10,14)(H,12,13). The molecule has 0 saturated heterocycles. The highest BCUT2D eigenvalue weighted by atomic mass is 16.4. The number of aromatic carboxylic acids is 1. The molecule has 72 valence electrons. The van der Waals surface area contributed by atoms with Gasteiger partial charge in [-0.25, -0.2) is 9.59 Å². The highest BCUT2D eigenvalue weighted by Gasteiger charge is 2.07. The molecule has 1 heterocycles. The summed E-state index contributed by atoms with van der Waals surface area (Å²) in [4.78, 5) is 24.5. The monoisotopic (exact) mass is 192 g/mol. The van der Waals surface area contributed by atoms with Gasteiger partial charge in [-0.05, 0) is 18.2 Å². The van der Waals surface area contributed by atoms with Crippen molar-refractivity contribution in [1.29, 1.82) is 0 Å². The molecule has 0 aliphatic heterocycles. The van der Waals surface area contributed by atoms with Crippen molar-refractivity contribution in [3.05, 3.63) is 34.2 Å². The van der Waals surface area contributed by atoms with Gasteiger partial charge in [-0.2, -0.15) is 0 Å². The van der Waals surface area contributed by atoms with Crippen LogP contribution in [0.25, 0.3) is 11.0 Å².